The van der Waals surface area contributed by atoms with Crippen molar-refractivity contribution in [3.05, 3.63) is 35.5 Å². The molecule has 2 unspecified atom stereocenters. The van der Waals surface area contributed by atoms with Crippen molar-refractivity contribution in [1.29, 1.82) is 0 Å². The Hall–Kier alpha value is -1.81. The summed E-state index contributed by atoms with van der Waals surface area (Å²) in [6, 6.07) is 6.25. The van der Waals surface area contributed by atoms with Gasteiger partial charge in [-0.2, -0.15) is 0 Å². The fourth-order valence-electron chi connectivity index (χ4n) is 3.31. The summed E-state index contributed by atoms with van der Waals surface area (Å²) >= 11 is 0. The molecule has 0 radical (unpaired) electrons. The molecule has 1 fully saturated rings. The number of rotatable bonds is 4. The van der Waals surface area contributed by atoms with Crippen LogP contribution in [0.2, 0.25) is 0 Å². The number of carbonyl (C=O) groups is 1. The van der Waals surface area contributed by atoms with E-state index in [1.54, 1.807) is 0 Å². The molecular formula is C18H24N2O2. The van der Waals surface area contributed by atoms with Gasteiger partial charge in [-0.15, -0.1) is 0 Å². The van der Waals surface area contributed by atoms with Crippen LogP contribution in [0.5, 0.6) is 0 Å². The van der Waals surface area contributed by atoms with Crippen LogP contribution in [0.3, 0.4) is 0 Å². The van der Waals surface area contributed by atoms with Gasteiger partial charge in [0.1, 0.15) is 0 Å². The summed E-state index contributed by atoms with van der Waals surface area (Å²) in [4.78, 5) is 15.4. The van der Waals surface area contributed by atoms with E-state index in [1.165, 1.54) is 16.5 Å². The van der Waals surface area contributed by atoms with Crippen LogP contribution in [0.4, 0.5) is 0 Å². The first-order chi connectivity index (χ1) is 10.6. The number of aliphatic hydroxyl groups is 1. The van der Waals surface area contributed by atoms with Gasteiger partial charge in [-0.1, -0.05) is 24.5 Å². The molecule has 0 spiro atoms. The Bertz CT molecular complexity index is 662. The van der Waals surface area contributed by atoms with Crippen molar-refractivity contribution in [1.82, 2.24) is 10.3 Å². The summed E-state index contributed by atoms with van der Waals surface area (Å²) in [5, 5.41) is 14.1. The molecule has 1 aromatic heterocycles. The van der Waals surface area contributed by atoms with Crippen LogP contribution in [-0.4, -0.2) is 28.1 Å². The van der Waals surface area contributed by atoms with Crippen LogP contribution in [-0.2, 0) is 11.2 Å². The van der Waals surface area contributed by atoms with Gasteiger partial charge in [-0.25, -0.2) is 0 Å². The van der Waals surface area contributed by atoms with Crippen molar-refractivity contribution in [2.45, 2.75) is 57.6 Å². The lowest BCUT2D eigenvalue weighted by molar-refractivity contribution is -0.123. The highest BCUT2D eigenvalue weighted by atomic mass is 16.3. The van der Waals surface area contributed by atoms with E-state index in [0.717, 1.165) is 37.6 Å². The smallest absolute Gasteiger partial charge is 0.220 e. The van der Waals surface area contributed by atoms with Gasteiger partial charge in [-0.05, 0) is 43.9 Å². The van der Waals surface area contributed by atoms with E-state index in [2.05, 4.69) is 35.4 Å². The highest BCUT2D eigenvalue weighted by molar-refractivity contribution is 5.85. The number of carbonyl (C=O) groups excluding carboxylic acids is 1. The van der Waals surface area contributed by atoms with Crippen molar-refractivity contribution in [3.63, 3.8) is 0 Å². The Morgan fingerprint density at radius 3 is 3.00 bits per heavy atom. The number of aromatic nitrogens is 1. The molecule has 2 aromatic rings. The fourth-order valence-corrected chi connectivity index (χ4v) is 3.31. The molecule has 1 amide bonds. The van der Waals surface area contributed by atoms with Gasteiger partial charge < -0.3 is 15.4 Å². The molecule has 1 aliphatic rings. The third-order valence-electron chi connectivity index (χ3n) is 4.62. The molecule has 1 heterocycles. The van der Waals surface area contributed by atoms with E-state index in [-0.39, 0.29) is 18.1 Å². The number of fused-ring (bicyclic) bond motifs is 1. The average Bonchev–Trinajstić information content (AvgIpc) is 2.90. The first-order valence-corrected chi connectivity index (χ1v) is 8.17. The van der Waals surface area contributed by atoms with Gasteiger partial charge in [0.25, 0.3) is 0 Å². The molecule has 1 aromatic carbocycles. The normalized spacial score (nSPS) is 21.9. The molecule has 4 heteroatoms. The molecule has 0 saturated heterocycles. The predicted octanol–water partition coefficient (Wildman–Crippen LogP) is 2.83. The summed E-state index contributed by atoms with van der Waals surface area (Å²) in [6.07, 6.45) is 6.63. The fraction of sp³-hybridized carbons (Fsp3) is 0.500. The third kappa shape index (κ3) is 3.33. The summed E-state index contributed by atoms with van der Waals surface area (Å²) in [7, 11) is 0. The topological polar surface area (TPSA) is 65.1 Å². The monoisotopic (exact) mass is 300 g/mol. The molecular weight excluding hydrogens is 276 g/mol. The molecule has 2 atom stereocenters. The highest BCUT2D eigenvalue weighted by Crippen LogP contribution is 2.21. The van der Waals surface area contributed by atoms with Crippen LogP contribution in [0, 0.1) is 6.92 Å². The summed E-state index contributed by atoms with van der Waals surface area (Å²) in [5.41, 5.74) is 3.52. The van der Waals surface area contributed by atoms with Crippen molar-refractivity contribution in [2.24, 2.45) is 0 Å². The van der Waals surface area contributed by atoms with E-state index in [1.807, 2.05) is 6.20 Å². The highest BCUT2D eigenvalue weighted by Gasteiger charge is 2.24. The lowest BCUT2D eigenvalue weighted by Crippen LogP contribution is -2.45. The van der Waals surface area contributed by atoms with Crippen molar-refractivity contribution in [2.75, 3.05) is 0 Å². The summed E-state index contributed by atoms with van der Waals surface area (Å²) in [5.74, 6) is 0.0351. The second-order valence-corrected chi connectivity index (χ2v) is 6.39. The second-order valence-electron chi connectivity index (χ2n) is 6.39. The van der Waals surface area contributed by atoms with Gasteiger partial charge in [0.2, 0.25) is 5.91 Å². The Kier molecular flexibility index (Phi) is 4.48. The molecule has 1 saturated carbocycles. The number of aliphatic hydroxyl groups excluding tert-OH is 1. The molecule has 0 aliphatic heterocycles. The molecule has 4 nitrogen and oxygen atoms in total. The summed E-state index contributed by atoms with van der Waals surface area (Å²) < 4.78 is 0. The molecule has 118 valence electrons. The zero-order valence-corrected chi connectivity index (χ0v) is 13.1. The third-order valence-corrected chi connectivity index (χ3v) is 4.62. The first kappa shape index (κ1) is 15.1. The maximum absolute atomic E-state index is 12.1. The average molecular weight is 300 g/mol. The quantitative estimate of drug-likeness (QED) is 0.813. The second kappa shape index (κ2) is 6.53. The number of nitrogens with one attached hydrogen (secondary N) is 2. The Balaban J connectivity index is 1.59. The van der Waals surface area contributed by atoms with E-state index in [4.69, 9.17) is 0 Å². The molecule has 3 rings (SSSR count). The van der Waals surface area contributed by atoms with Gasteiger partial charge in [-0.3, -0.25) is 4.79 Å². The lowest BCUT2D eigenvalue weighted by atomic mass is 9.92. The SMILES string of the molecule is Cc1ccc2[nH]cc(CCC(=O)NC3CCCCC3O)c2c1. The number of hydrogen-bond acceptors (Lipinski definition) is 2. The molecule has 22 heavy (non-hydrogen) atoms. The van der Waals surface area contributed by atoms with E-state index in [9.17, 15) is 9.90 Å². The molecule has 3 N–H and O–H groups in total. The van der Waals surface area contributed by atoms with Gasteiger partial charge >= 0.3 is 0 Å². The predicted molar refractivity (Wildman–Crippen MR) is 87.8 cm³/mol. The van der Waals surface area contributed by atoms with Crippen molar-refractivity contribution in [3.8, 4) is 0 Å². The standard InChI is InChI=1S/C18H24N2O2/c1-12-6-8-15-14(10-12)13(11-19-15)7-9-18(22)20-16-4-2-3-5-17(16)21/h6,8,10-11,16-17,19,21H,2-5,7,9H2,1H3,(H,20,22). The minimum atomic E-state index is -0.381. The Morgan fingerprint density at radius 1 is 1.36 bits per heavy atom. The maximum Gasteiger partial charge on any atom is 0.220 e. The van der Waals surface area contributed by atoms with Crippen LogP contribution < -0.4 is 5.32 Å². The summed E-state index contributed by atoms with van der Waals surface area (Å²) in [6.45, 7) is 2.08. The number of aryl methyl sites for hydroxylation is 2. The number of aromatic amines is 1. The molecule has 1 aliphatic carbocycles. The number of amides is 1. The lowest BCUT2D eigenvalue weighted by Gasteiger charge is -2.28. The van der Waals surface area contributed by atoms with Gasteiger partial charge in [0.05, 0.1) is 12.1 Å². The van der Waals surface area contributed by atoms with Crippen LogP contribution in [0.1, 0.15) is 43.2 Å². The zero-order chi connectivity index (χ0) is 15.5. The number of benzene rings is 1. The largest absolute Gasteiger partial charge is 0.391 e. The minimum absolute atomic E-state index is 0.0351. The van der Waals surface area contributed by atoms with E-state index in [0.29, 0.717) is 6.42 Å². The first-order valence-electron chi connectivity index (χ1n) is 8.17. The zero-order valence-electron chi connectivity index (χ0n) is 13.1. The van der Waals surface area contributed by atoms with Gasteiger partial charge in [0.15, 0.2) is 0 Å². The number of H-pyrrole nitrogens is 1. The number of hydrogen-bond donors (Lipinski definition) is 3. The Labute approximate surface area is 130 Å². The van der Waals surface area contributed by atoms with Crippen LogP contribution in [0.25, 0.3) is 10.9 Å². The van der Waals surface area contributed by atoms with Crippen molar-refractivity contribution >= 4 is 16.8 Å². The maximum atomic E-state index is 12.1. The van der Waals surface area contributed by atoms with Gasteiger partial charge in [0, 0.05) is 23.5 Å². The van der Waals surface area contributed by atoms with E-state index >= 15 is 0 Å². The van der Waals surface area contributed by atoms with Crippen LogP contribution >= 0.6 is 0 Å². The van der Waals surface area contributed by atoms with Crippen molar-refractivity contribution < 1.29 is 9.90 Å². The Morgan fingerprint density at radius 2 is 2.18 bits per heavy atom. The molecule has 0 bridgehead atoms. The van der Waals surface area contributed by atoms with Crippen LogP contribution in [0.15, 0.2) is 24.4 Å². The van der Waals surface area contributed by atoms with E-state index < -0.39 is 0 Å². The minimum Gasteiger partial charge on any atom is -0.391 e.